The number of rotatable bonds is 2. The molecule has 22 heavy (non-hydrogen) atoms. The van der Waals surface area contributed by atoms with Crippen molar-refractivity contribution in [2.75, 3.05) is 5.32 Å². The summed E-state index contributed by atoms with van der Waals surface area (Å²) in [7, 11) is -5.54. The third-order valence-electron chi connectivity index (χ3n) is 2.17. The van der Waals surface area contributed by atoms with Crippen LogP contribution >= 0.6 is 15.9 Å². The maximum absolute atomic E-state index is 12.6. The molecule has 0 spiro atoms. The number of anilines is 1. The van der Waals surface area contributed by atoms with E-state index < -0.39 is 31.9 Å². The summed E-state index contributed by atoms with van der Waals surface area (Å²) in [4.78, 5) is 10.6. The summed E-state index contributed by atoms with van der Waals surface area (Å²) < 4.78 is 65.3. The van der Waals surface area contributed by atoms with Crippen LogP contribution in [0.15, 0.2) is 27.6 Å². The summed E-state index contributed by atoms with van der Waals surface area (Å²) in [5.74, 6) is 0. The first-order chi connectivity index (χ1) is 9.74. The fourth-order valence-corrected chi connectivity index (χ4v) is 3.08. The van der Waals surface area contributed by atoms with Gasteiger partial charge in [0.05, 0.1) is 4.90 Å². The summed E-state index contributed by atoms with van der Waals surface area (Å²) in [5.41, 5.74) is -6.39. The molecule has 10 heteroatoms. The van der Waals surface area contributed by atoms with E-state index in [9.17, 15) is 26.4 Å². The van der Waals surface area contributed by atoms with Gasteiger partial charge in [-0.05, 0) is 54.9 Å². The number of halogens is 4. The average molecular weight is 404 g/mol. The van der Waals surface area contributed by atoms with Crippen molar-refractivity contribution >= 4 is 37.5 Å². The highest BCUT2D eigenvalue weighted by Crippen LogP contribution is 2.35. The summed E-state index contributed by atoms with van der Waals surface area (Å²) >= 11 is 2.75. The molecule has 0 aromatic heterocycles. The van der Waals surface area contributed by atoms with Gasteiger partial charge in [-0.1, -0.05) is 0 Å². The van der Waals surface area contributed by atoms with Crippen molar-refractivity contribution in [1.29, 1.82) is 0 Å². The lowest BCUT2D eigenvalue weighted by molar-refractivity contribution is -0.0436. The number of ether oxygens (including phenoxy) is 1. The van der Waals surface area contributed by atoms with Crippen LogP contribution in [0, 0.1) is 0 Å². The molecule has 0 aliphatic rings. The van der Waals surface area contributed by atoms with Crippen molar-refractivity contribution in [1.82, 2.24) is 0 Å². The maximum Gasteiger partial charge on any atom is 0.501 e. The Morgan fingerprint density at radius 3 is 2.23 bits per heavy atom. The molecule has 0 radical (unpaired) electrons. The van der Waals surface area contributed by atoms with Crippen LogP contribution in [-0.4, -0.2) is 25.6 Å². The first kappa shape index (κ1) is 18.8. The first-order valence-electron chi connectivity index (χ1n) is 5.85. The van der Waals surface area contributed by atoms with Gasteiger partial charge in [-0.2, -0.15) is 13.2 Å². The Balaban J connectivity index is 3.14. The number of alkyl halides is 3. The standard InChI is InChI=1S/C12H13BrF3NO4S/c1-11(2,3)21-10(18)17-7-4-5-8(13)9(6-7)22(19,20)12(14,15)16/h4-6H,1-3H3,(H,17,18). The summed E-state index contributed by atoms with van der Waals surface area (Å²) in [5, 5.41) is 2.18. The van der Waals surface area contributed by atoms with Crippen LogP contribution in [0.5, 0.6) is 0 Å². The van der Waals surface area contributed by atoms with E-state index >= 15 is 0 Å². The Morgan fingerprint density at radius 1 is 1.23 bits per heavy atom. The zero-order valence-corrected chi connectivity index (χ0v) is 14.2. The van der Waals surface area contributed by atoms with Crippen molar-refractivity contribution in [3.05, 3.63) is 22.7 Å². The highest BCUT2D eigenvalue weighted by Gasteiger charge is 2.47. The molecule has 0 bridgehead atoms. The topological polar surface area (TPSA) is 72.5 Å². The fourth-order valence-electron chi connectivity index (χ4n) is 1.33. The predicted octanol–water partition coefficient (Wildman–Crippen LogP) is 4.09. The number of amides is 1. The van der Waals surface area contributed by atoms with Crippen molar-refractivity contribution in [3.63, 3.8) is 0 Å². The smallest absolute Gasteiger partial charge is 0.444 e. The van der Waals surface area contributed by atoms with Gasteiger partial charge < -0.3 is 4.74 Å². The molecule has 0 heterocycles. The normalized spacial score (nSPS) is 12.9. The molecule has 1 aromatic rings. The van der Waals surface area contributed by atoms with Crippen LogP contribution in [0.2, 0.25) is 0 Å². The van der Waals surface area contributed by atoms with E-state index in [2.05, 4.69) is 21.2 Å². The van der Waals surface area contributed by atoms with Crippen LogP contribution < -0.4 is 5.32 Å². The number of carbonyl (C=O) groups excluding carboxylic acids is 1. The second-order valence-electron chi connectivity index (χ2n) is 5.22. The van der Waals surface area contributed by atoms with Gasteiger partial charge in [0.25, 0.3) is 9.84 Å². The predicted molar refractivity (Wildman–Crippen MR) is 77.2 cm³/mol. The SMILES string of the molecule is CC(C)(C)OC(=O)Nc1ccc(Br)c(S(=O)(=O)C(F)(F)F)c1. The molecule has 1 rings (SSSR count). The van der Waals surface area contributed by atoms with E-state index in [1.165, 1.54) is 6.07 Å². The van der Waals surface area contributed by atoms with Gasteiger partial charge in [0.2, 0.25) is 0 Å². The molecule has 1 aromatic carbocycles. The number of sulfone groups is 1. The highest BCUT2D eigenvalue weighted by atomic mass is 79.9. The lowest BCUT2D eigenvalue weighted by atomic mass is 10.2. The minimum Gasteiger partial charge on any atom is -0.444 e. The number of nitrogens with one attached hydrogen (secondary N) is 1. The second kappa shape index (κ2) is 6.07. The lowest BCUT2D eigenvalue weighted by Gasteiger charge is -2.20. The molecule has 0 saturated heterocycles. The molecule has 0 aliphatic heterocycles. The van der Waals surface area contributed by atoms with Crippen LogP contribution in [0.25, 0.3) is 0 Å². The largest absolute Gasteiger partial charge is 0.501 e. The van der Waals surface area contributed by atoms with Gasteiger partial charge in [-0.3, -0.25) is 5.32 Å². The summed E-state index contributed by atoms with van der Waals surface area (Å²) in [6.45, 7) is 4.81. The van der Waals surface area contributed by atoms with E-state index in [4.69, 9.17) is 4.74 Å². The van der Waals surface area contributed by atoms with Gasteiger partial charge in [0.15, 0.2) is 0 Å². The zero-order chi connectivity index (χ0) is 17.3. The molecule has 0 atom stereocenters. The minimum absolute atomic E-state index is 0.139. The van der Waals surface area contributed by atoms with E-state index in [1.807, 2.05) is 0 Å². The van der Waals surface area contributed by atoms with Gasteiger partial charge in [-0.15, -0.1) is 0 Å². The molecule has 0 unspecified atom stereocenters. The van der Waals surface area contributed by atoms with Gasteiger partial charge in [0, 0.05) is 10.2 Å². The number of carbonyl (C=O) groups is 1. The maximum atomic E-state index is 12.6. The number of hydrogen-bond acceptors (Lipinski definition) is 4. The van der Waals surface area contributed by atoms with E-state index in [0.717, 1.165) is 6.07 Å². The molecule has 5 nitrogen and oxygen atoms in total. The molecular formula is C12H13BrF3NO4S. The molecule has 1 N–H and O–H groups in total. The molecule has 1 amide bonds. The van der Waals surface area contributed by atoms with Crippen LogP contribution in [0.3, 0.4) is 0 Å². The summed E-state index contributed by atoms with van der Waals surface area (Å²) in [6.07, 6.45) is -0.912. The van der Waals surface area contributed by atoms with Gasteiger partial charge in [-0.25, -0.2) is 13.2 Å². The van der Waals surface area contributed by atoms with Crippen LogP contribution in [0.1, 0.15) is 20.8 Å². The van der Waals surface area contributed by atoms with Gasteiger partial charge in [0.1, 0.15) is 5.60 Å². The third kappa shape index (κ3) is 4.60. The van der Waals surface area contributed by atoms with Crippen molar-refractivity contribution in [2.24, 2.45) is 0 Å². The van der Waals surface area contributed by atoms with Gasteiger partial charge >= 0.3 is 11.6 Å². The Bertz CT molecular complexity index is 681. The van der Waals surface area contributed by atoms with E-state index in [1.54, 1.807) is 20.8 Å². The summed E-state index contributed by atoms with van der Waals surface area (Å²) in [6, 6.07) is 3.03. The Kier molecular flexibility index (Phi) is 5.18. The van der Waals surface area contributed by atoms with Crippen molar-refractivity contribution < 1.29 is 31.1 Å². The number of benzene rings is 1. The molecule has 0 fully saturated rings. The first-order valence-corrected chi connectivity index (χ1v) is 8.12. The quantitative estimate of drug-likeness (QED) is 0.806. The Labute approximate surface area is 133 Å². The molecule has 124 valence electrons. The van der Waals surface area contributed by atoms with Crippen molar-refractivity contribution in [3.8, 4) is 0 Å². The third-order valence-corrected chi connectivity index (χ3v) is 4.65. The lowest BCUT2D eigenvalue weighted by Crippen LogP contribution is -2.27. The van der Waals surface area contributed by atoms with E-state index in [-0.39, 0.29) is 10.2 Å². The Hall–Kier alpha value is -1.29. The van der Waals surface area contributed by atoms with Crippen molar-refractivity contribution in [2.45, 2.75) is 36.8 Å². The fraction of sp³-hybridized carbons (Fsp3) is 0.417. The molecule has 0 aliphatic carbocycles. The zero-order valence-electron chi connectivity index (χ0n) is 11.8. The Morgan fingerprint density at radius 2 is 1.77 bits per heavy atom. The average Bonchev–Trinajstić information content (AvgIpc) is 2.27. The number of hydrogen-bond donors (Lipinski definition) is 1. The molecular weight excluding hydrogens is 391 g/mol. The monoisotopic (exact) mass is 403 g/mol. The molecule has 0 saturated carbocycles. The van der Waals surface area contributed by atoms with Crippen LogP contribution in [0.4, 0.5) is 23.7 Å². The minimum atomic E-state index is -5.54. The second-order valence-corrected chi connectivity index (χ2v) is 7.99. The van der Waals surface area contributed by atoms with Crippen LogP contribution in [-0.2, 0) is 14.6 Å². The van der Waals surface area contributed by atoms with E-state index in [0.29, 0.717) is 6.07 Å². The highest BCUT2D eigenvalue weighted by molar-refractivity contribution is 9.10.